The van der Waals surface area contributed by atoms with Crippen LogP contribution in [0.5, 0.6) is 0 Å². The summed E-state index contributed by atoms with van der Waals surface area (Å²) < 4.78 is 0. The number of nitrogens with one attached hydrogen (secondary N) is 2. The molecule has 1 aromatic carbocycles. The minimum absolute atomic E-state index is 0.114. The van der Waals surface area contributed by atoms with Crippen molar-refractivity contribution in [3.63, 3.8) is 0 Å². The summed E-state index contributed by atoms with van der Waals surface area (Å²) >= 11 is 7.46. The third kappa shape index (κ3) is 3.46. The second-order valence-corrected chi connectivity index (χ2v) is 6.36. The Morgan fingerprint density at radius 3 is 2.96 bits per heavy atom. The normalized spacial score (nSPS) is 12.3. The van der Waals surface area contributed by atoms with Crippen LogP contribution in [0.3, 0.4) is 0 Å². The van der Waals surface area contributed by atoms with Crippen LogP contribution >= 0.6 is 23.4 Å². The van der Waals surface area contributed by atoms with E-state index in [0.717, 1.165) is 5.52 Å². The standard InChI is InChI=1S/C15H14ClN5OS/c1-2-11(14(22)21-10-6-4-3-5-9(10)16)23-15-12-13(18-7-17-12)19-8-20-15/h3-8,11H,2H2,1H3,(H,21,22)(H,17,18,19,20). The number of hydrogen-bond donors (Lipinski definition) is 2. The summed E-state index contributed by atoms with van der Waals surface area (Å²) in [6.07, 6.45) is 3.67. The molecular formula is C15H14ClN5OS. The van der Waals surface area contributed by atoms with Crippen molar-refractivity contribution in [1.29, 1.82) is 0 Å². The summed E-state index contributed by atoms with van der Waals surface area (Å²) in [7, 11) is 0. The van der Waals surface area contributed by atoms with E-state index >= 15 is 0 Å². The summed E-state index contributed by atoms with van der Waals surface area (Å²) in [5.41, 5.74) is 1.93. The fourth-order valence-corrected chi connectivity index (χ4v) is 3.23. The minimum Gasteiger partial charge on any atom is -0.341 e. The first-order chi connectivity index (χ1) is 11.2. The number of rotatable bonds is 5. The molecule has 2 N–H and O–H groups in total. The number of thioether (sulfide) groups is 1. The Labute approximate surface area is 142 Å². The van der Waals surface area contributed by atoms with Crippen molar-refractivity contribution in [1.82, 2.24) is 19.9 Å². The predicted molar refractivity (Wildman–Crippen MR) is 91.7 cm³/mol. The number of fused-ring (bicyclic) bond motifs is 1. The van der Waals surface area contributed by atoms with Gasteiger partial charge in [-0.2, -0.15) is 0 Å². The van der Waals surface area contributed by atoms with Gasteiger partial charge in [-0.1, -0.05) is 42.4 Å². The van der Waals surface area contributed by atoms with Crippen molar-refractivity contribution < 1.29 is 4.79 Å². The Balaban J connectivity index is 1.78. The Kier molecular flexibility index (Phi) is 4.78. The quantitative estimate of drug-likeness (QED) is 0.545. The van der Waals surface area contributed by atoms with Crippen LogP contribution in [0, 0.1) is 0 Å². The highest BCUT2D eigenvalue weighted by Crippen LogP contribution is 2.29. The molecule has 0 bridgehead atoms. The van der Waals surface area contributed by atoms with Crippen LogP contribution in [0.25, 0.3) is 11.2 Å². The maximum absolute atomic E-state index is 12.5. The lowest BCUT2D eigenvalue weighted by molar-refractivity contribution is -0.115. The lowest BCUT2D eigenvalue weighted by atomic mass is 10.2. The van der Waals surface area contributed by atoms with Crippen LogP contribution in [0.15, 0.2) is 41.9 Å². The maximum atomic E-state index is 12.5. The Morgan fingerprint density at radius 1 is 1.35 bits per heavy atom. The topological polar surface area (TPSA) is 83.6 Å². The molecule has 3 rings (SSSR count). The monoisotopic (exact) mass is 347 g/mol. The van der Waals surface area contributed by atoms with Gasteiger partial charge in [0, 0.05) is 0 Å². The Morgan fingerprint density at radius 2 is 2.17 bits per heavy atom. The molecule has 0 radical (unpaired) electrons. The number of imidazole rings is 1. The smallest absolute Gasteiger partial charge is 0.237 e. The molecule has 0 fully saturated rings. The van der Waals surface area contributed by atoms with Crippen molar-refractivity contribution in [2.45, 2.75) is 23.6 Å². The summed E-state index contributed by atoms with van der Waals surface area (Å²) in [5, 5.41) is 3.78. The predicted octanol–water partition coefficient (Wildman–Crippen LogP) is 3.52. The highest BCUT2D eigenvalue weighted by molar-refractivity contribution is 8.00. The molecule has 1 atom stereocenters. The molecule has 0 saturated heterocycles. The van der Waals surface area contributed by atoms with Crippen LogP contribution in [0.1, 0.15) is 13.3 Å². The molecule has 0 saturated carbocycles. The van der Waals surface area contributed by atoms with E-state index in [0.29, 0.717) is 27.8 Å². The van der Waals surface area contributed by atoms with Crippen molar-refractivity contribution in [2.75, 3.05) is 5.32 Å². The second-order valence-electron chi connectivity index (χ2n) is 4.76. The number of halogens is 1. The zero-order valence-electron chi connectivity index (χ0n) is 12.3. The van der Waals surface area contributed by atoms with Crippen molar-refractivity contribution >= 4 is 46.1 Å². The first kappa shape index (κ1) is 15.8. The number of H-pyrrole nitrogens is 1. The molecule has 0 aliphatic rings. The number of aromatic nitrogens is 4. The molecule has 0 spiro atoms. The zero-order chi connectivity index (χ0) is 16.2. The molecule has 0 aliphatic carbocycles. The van der Waals surface area contributed by atoms with Gasteiger partial charge in [0.2, 0.25) is 5.91 Å². The van der Waals surface area contributed by atoms with Crippen LogP contribution in [-0.2, 0) is 4.79 Å². The molecule has 6 nitrogen and oxygen atoms in total. The van der Waals surface area contributed by atoms with Gasteiger partial charge in [-0.25, -0.2) is 15.0 Å². The molecule has 2 heterocycles. The first-order valence-electron chi connectivity index (χ1n) is 7.05. The van der Waals surface area contributed by atoms with E-state index in [4.69, 9.17) is 11.6 Å². The lowest BCUT2D eigenvalue weighted by Crippen LogP contribution is -2.24. The molecule has 0 aliphatic heterocycles. The number of aromatic amines is 1. The zero-order valence-corrected chi connectivity index (χ0v) is 13.9. The summed E-state index contributed by atoms with van der Waals surface area (Å²) in [6, 6.07) is 7.16. The van der Waals surface area contributed by atoms with Gasteiger partial charge in [-0.3, -0.25) is 4.79 Å². The number of para-hydroxylation sites is 1. The van der Waals surface area contributed by atoms with Gasteiger partial charge in [0.25, 0.3) is 0 Å². The minimum atomic E-state index is -0.298. The highest BCUT2D eigenvalue weighted by Gasteiger charge is 2.21. The molecule has 118 valence electrons. The second kappa shape index (κ2) is 6.97. The lowest BCUT2D eigenvalue weighted by Gasteiger charge is -2.15. The van der Waals surface area contributed by atoms with E-state index < -0.39 is 0 Å². The first-order valence-corrected chi connectivity index (χ1v) is 8.31. The SMILES string of the molecule is CCC(Sc1ncnc2nc[nH]c12)C(=O)Nc1ccccc1Cl. The van der Waals surface area contributed by atoms with Crippen LogP contribution in [0.4, 0.5) is 5.69 Å². The summed E-state index contributed by atoms with van der Waals surface area (Å²) in [6.45, 7) is 1.95. The number of nitrogens with zero attached hydrogens (tertiary/aromatic N) is 3. The Bertz CT molecular complexity index is 837. The molecule has 1 unspecified atom stereocenters. The Hall–Kier alpha value is -2.12. The fourth-order valence-electron chi connectivity index (χ4n) is 2.07. The van der Waals surface area contributed by atoms with Gasteiger partial charge < -0.3 is 10.3 Å². The number of hydrogen-bond acceptors (Lipinski definition) is 5. The maximum Gasteiger partial charge on any atom is 0.237 e. The number of carbonyl (C=O) groups excluding carboxylic acids is 1. The van der Waals surface area contributed by atoms with E-state index in [-0.39, 0.29) is 11.2 Å². The molecule has 2 aromatic heterocycles. The van der Waals surface area contributed by atoms with Gasteiger partial charge in [0.15, 0.2) is 5.65 Å². The van der Waals surface area contributed by atoms with Gasteiger partial charge >= 0.3 is 0 Å². The molecule has 3 aromatic rings. The number of amides is 1. The van der Waals surface area contributed by atoms with Crippen molar-refractivity contribution in [3.05, 3.63) is 41.9 Å². The molecule has 1 amide bonds. The number of anilines is 1. The fraction of sp³-hybridized carbons (Fsp3) is 0.200. The van der Waals surface area contributed by atoms with E-state index in [1.165, 1.54) is 18.1 Å². The third-order valence-electron chi connectivity index (χ3n) is 3.24. The summed E-state index contributed by atoms with van der Waals surface area (Å²) in [4.78, 5) is 27.9. The van der Waals surface area contributed by atoms with Gasteiger partial charge in [0.05, 0.1) is 22.3 Å². The average molecular weight is 348 g/mol. The van der Waals surface area contributed by atoms with Crippen LogP contribution < -0.4 is 5.32 Å². The number of benzene rings is 1. The van der Waals surface area contributed by atoms with E-state index in [1.54, 1.807) is 18.5 Å². The molecular weight excluding hydrogens is 334 g/mol. The molecule has 23 heavy (non-hydrogen) atoms. The van der Waals surface area contributed by atoms with E-state index in [2.05, 4.69) is 25.3 Å². The molecule has 8 heteroatoms. The van der Waals surface area contributed by atoms with E-state index in [9.17, 15) is 4.79 Å². The van der Waals surface area contributed by atoms with E-state index in [1.807, 2.05) is 19.1 Å². The van der Waals surface area contributed by atoms with Gasteiger partial charge in [-0.05, 0) is 18.6 Å². The third-order valence-corrected chi connectivity index (χ3v) is 4.93. The van der Waals surface area contributed by atoms with Gasteiger partial charge in [-0.15, -0.1) is 0 Å². The number of carbonyl (C=O) groups is 1. The van der Waals surface area contributed by atoms with Crippen LogP contribution in [0.2, 0.25) is 5.02 Å². The van der Waals surface area contributed by atoms with Gasteiger partial charge in [0.1, 0.15) is 16.9 Å². The highest BCUT2D eigenvalue weighted by atomic mass is 35.5. The largest absolute Gasteiger partial charge is 0.341 e. The van der Waals surface area contributed by atoms with Crippen molar-refractivity contribution in [2.24, 2.45) is 0 Å². The average Bonchev–Trinajstić information content (AvgIpc) is 3.04. The van der Waals surface area contributed by atoms with Crippen molar-refractivity contribution in [3.8, 4) is 0 Å². The van der Waals surface area contributed by atoms with Crippen LogP contribution in [-0.4, -0.2) is 31.1 Å². The summed E-state index contributed by atoms with van der Waals surface area (Å²) in [5.74, 6) is -0.114.